The summed E-state index contributed by atoms with van der Waals surface area (Å²) in [5.41, 5.74) is 6.36. The molecule has 110 valence electrons. The number of aromatic nitrogens is 3. The minimum absolute atomic E-state index is 0.128. The van der Waals surface area contributed by atoms with Crippen molar-refractivity contribution >= 4 is 34.9 Å². The summed E-state index contributed by atoms with van der Waals surface area (Å²) in [6.45, 7) is 3.19. The van der Waals surface area contributed by atoms with Crippen molar-refractivity contribution in [2.45, 2.75) is 0 Å². The molecular formula is C13H15ClN6O. The molecule has 3 N–H and O–H groups in total. The average molecular weight is 307 g/mol. The van der Waals surface area contributed by atoms with E-state index < -0.39 is 0 Å². The molecule has 8 heteroatoms. The van der Waals surface area contributed by atoms with Gasteiger partial charge in [-0.1, -0.05) is 11.6 Å². The van der Waals surface area contributed by atoms with Crippen LogP contribution >= 0.6 is 11.6 Å². The lowest BCUT2D eigenvalue weighted by Crippen LogP contribution is -2.36. The van der Waals surface area contributed by atoms with Gasteiger partial charge in [0.2, 0.25) is 5.95 Å². The van der Waals surface area contributed by atoms with E-state index in [4.69, 9.17) is 22.1 Å². The van der Waals surface area contributed by atoms with E-state index in [0.29, 0.717) is 11.0 Å². The Morgan fingerprint density at radius 2 is 2.05 bits per heavy atom. The number of hydrogen-bond donors (Lipinski definition) is 2. The lowest BCUT2D eigenvalue weighted by atomic mass is 10.3. The maximum atomic E-state index is 5.84. The first-order valence-corrected chi connectivity index (χ1v) is 6.94. The molecule has 3 rings (SSSR count). The molecule has 0 unspecified atom stereocenters. The van der Waals surface area contributed by atoms with Crippen molar-refractivity contribution in [2.75, 3.05) is 42.3 Å². The number of nitrogens with one attached hydrogen (secondary N) is 1. The summed E-state index contributed by atoms with van der Waals surface area (Å²) >= 11 is 5.84. The van der Waals surface area contributed by atoms with Crippen LogP contribution in [0.3, 0.4) is 0 Å². The Bertz CT molecular complexity index is 594. The molecule has 1 aliphatic rings. The fraction of sp³-hybridized carbons (Fsp3) is 0.308. The molecule has 0 bridgehead atoms. The largest absolute Gasteiger partial charge is 0.378 e. The van der Waals surface area contributed by atoms with Crippen LogP contribution in [0, 0.1) is 0 Å². The first-order valence-electron chi connectivity index (χ1n) is 6.56. The Kier molecular flexibility index (Phi) is 4.03. The van der Waals surface area contributed by atoms with Gasteiger partial charge in [0.15, 0.2) is 0 Å². The van der Waals surface area contributed by atoms with E-state index in [1.165, 1.54) is 0 Å². The van der Waals surface area contributed by atoms with Gasteiger partial charge in [-0.05, 0) is 12.1 Å². The van der Waals surface area contributed by atoms with Crippen molar-refractivity contribution in [3.05, 3.63) is 29.5 Å². The van der Waals surface area contributed by atoms with Crippen LogP contribution in [0.1, 0.15) is 0 Å². The second-order valence-electron chi connectivity index (χ2n) is 4.56. The number of morpholine rings is 1. The van der Waals surface area contributed by atoms with Gasteiger partial charge in [0.05, 0.1) is 25.1 Å². The Hall–Kier alpha value is -2.12. The van der Waals surface area contributed by atoms with Crippen molar-refractivity contribution in [2.24, 2.45) is 0 Å². The predicted molar refractivity (Wildman–Crippen MR) is 82.0 cm³/mol. The summed E-state index contributed by atoms with van der Waals surface area (Å²) < 4.78 is 5.33. The highest BCUT2D eigenvalue weighted by molar-refractivity contribution is 6.29. The van der Waals surface area contributed by atoms with Gasteiger partial charge in [-0.2, -0.15) is 4.98 Å². The van der Waals surface area contributed by atoms with Crippen molar-refractivity contribution < 1.29 is 4.74 Å². The highest BCUT2D eigenvalue weighted by atomic mass is 35.5. The SMILES string of the molecule is Nc1nc(Cl)cc(Nc2ccc(N3CCOCC3)nc2)n1. The first kappa shape index (κ1) is 13.8. The number of anilines is 4. The van der Waals surface area contributed by atoms with Crippen molar-refractivity contribution in [3.63, 3.8) is 0 Å². The summed E-state index contributed by atoms with van der Waals surface area (Å²) in [7, 11) is 0. The van der Waals surface area contributed by atoms with Gasteiger partial charge in [0.25, 0.3) is 0 Å². The molecule has 0 amide bonds. The molecule has 0 radical (unpaired) electrons. The second-order valence-corrected chi connectivity index (χ2v) is 4.95. The van der Waals surface area contributed by atoms with E-state index in [9.17, 15) is 0 Å². The third-order valence-electron chi connectivity index (χ3n) is 3.07. The quantitative estimate of drug-likeness (QED) is 0.834. The smallest absolute Gasteiger partial charge is 0.223 e. The molecule has 0 atom stereocenters. The molecule has 0 saturated carbocycles. The fourth-order valence-electron chi connectivity index (χ4n) is 2.09. The third kappa shape index (κ3) is 3.50. The van der Waals surface area contributed by atoms with Gasteiger partial charge in [0, 0.05) is 19.2 Å². The van der Waals surface area contributed by atoms with Crippen LogP contribution in [0.5, 0.6) is 0 Å². The van der Waals surface area contributed by atoms with Gasteiger partial charge in [-0.25, -0.2) is 9.97 Å². The fourth-order valence-corrected chi connectivity index (χ4v) is 2.28. The molecule has 2 aromatic rings. The Morgan fingerprint density at radius 3 is 2.71 bits per heavy atom. The maximum Gasteiger partial charge on any atom is 0.223 e. The van der Waals surface area contributed by atoms with Gasteiger partial charge in [0.1, 0.15) is 16.8 Å². The highest BCUT2D eigenvalue weighted by Crippen LogP contribution is 2.20. The van der Waals surface area contributed by atoms with Crippen LogP contribution in [-0.2, 0) is 4.74 Å². The molecule has 0 aromatic carbocycles. The van der Waals surface area contributed by atoms with Gasteiger partial charge < -0.3 is 20.7 Å². The molecule has 21 heavy (non-hydrogen) atoms. The van der Waals surface area contributed by atoms with Gasteiger partial charge in [-0.15, -0.1) is 0 Å². The van der Waals surface area contributed by atoms with Crippen LogP contribution in [0.4, 0.5) is 23.3 Å². The van der Waals surface area contributed by atoms with E-state index in [1.54, 1.807) is 12.3 Å². The number of rotatable bonds is 3. The zero-order valence-corrected chi connectivity index (χ0v) is 12.0. The van der Waals surface area contributed by atoms with Crippen LogP contribution in [-0.4, -0.2) is 41.3 Å². The molecule has 1 saturated heterocycles. The Balaban J connectivity index is 1.71. The summed E-state index contributed by atoms with van der Waals surface area (Å²) in [4.78, 5) is 14.5. The topological polar surface area (TPSA) is 89.2 Å². The number of halogens is 1. The minimum atomic E-state index is 0.128. The number of hydrogen-bond acceptors (Lipinski definition) is 7. The third-order valence-corrected chi connectivity index (χ3v) is 3.26. The summed E-state index contributed by atoms with van der Waals surface area (Å²) in [6.07, 6.45) is 1.75. The molecule has 2 aromatic heterocycles. The van der Waals surface area contributed by atoms with Crippen molar-refractivity contribution in [1.29, 1.82) is 0 Å². The molecule has 0 spiro atoms. The van der Waals surface area contributed by atoms with Crippen LogP contribution in [0.25, 0.3) is 0 Å². The summed E-state index contributed by atoms with van der Waals surface area (Å²) in [5.74, 6) is 1.60. The summed E-state index contributed by atoms with van der Waals surface area (Å²) in [5, 5.41) is 3.39. The predicted octanol–water partition coefficient (Wildman–Crippen LogP) is 1.69. The average Bonchev–Trinajstić information content (AvgIpc) is 2.48. The zero-order valence-electron chi connectivity index (χ0n) is 11.3. The highest BCUT2D eigenvalue weighted by Gasteiger charge is 2.12. The number of nitrogen functional groups attached to an aromatic ring is 1. The normalized spacial score (nSPS) is 15.0. The van der Waals surface area contributed by atoms with Crippen LogP contribution in [0.15, 0.2) is 24.4 Å². The Labute approximate surface area is 127 Å². The molecule has 1 fully saturated rings. The molecule has 7 nitrogen and oxygen atoms in total. The van der Waals surface area contributed by atoms with Crippen molar-refractivity contribution in [3.8, 4) is 0 Å². The second kappa shape index (κ2) is 6.11. The van der Waals surface area contributed by atoms with Gasteiger partial charge >= 0.3 is 0 Å². The number of nitrogens with zero attached hydrogens (tertiary/aromatic N) is 4. The van der Waals surface area contributed by atoms with E-state index in [-0.39, 0.29) is 5.95 Å². The van der Waals surface area contributed by atoms with E-state index in [2.05, 4.69) is 25.2 Å². The van der Waals surface area contributed by atoms with E-state index in [1.807, 2.05) is 12.1 Å². The number of ether oxygens (including phenoxy) is 1. The van der Waals surface area contributed by atoms with E-state index >= 15 is 0 Å². The number of pyridine rings is 1. The zero-order chi connectivity index (χ0) is 14.7. The summed E-state index contributed by atoms with van der Waals surface area (Å²) in [6, 6.07) is 5.50. The molecule has 0 aliphatic carbocycles. The molecular weight excluding hydrogens is 292 g/mol. The van der Waals surface area contributed by atoms with Crippen LogP contribution in [0.2, 0.25) is 5.15 Å². The van der Waals surface area contributed by atoms with Crippen molar-refractivity contribution in [1.82, 2.24) is 15.0 Å². The number of nitrogens with two attached hydrogens (primary N) is 1. The minimum Gasteiger partial charge on any atom is -0.378 e. The van der Waals surface area contributed by atoms with Crippen LogP contribution < -0.4 is 16.0 Å². The molecule has 1 aliphatic heterocycles. The first-order chi connectivity index (χ1) is 10.2. The van der Waals surface area contributed by atoms with E-state index in [0.717, 1.165) is 37.8 Å². The standard InChI is InChI=1S/C13H15ClN6O/c14-10-7-11(19-13(15)18-10)17-9-1-2-12(16-8-9)20-3-5-21-6-4-20/h1-2,7-8H,3-6H2,(H3,15,17,18,19). The lowest BCUT2D eigenvalue weighted by Gasteiger charge is -2.27. The Morgan fingerprint density at radius 1 is 1.24 bits per heavy atom. The maximum absolute atomic E-state index is 5.84. The van der Waals surface area contributed by atoms with Gasteiger partial charge in [-0.3, -0.25) is 0 Å². The lowest BCUT2D eigenvalue weighted by molar-refractivity contribution is 0.122. The monoisotopic (exact) mass is 306 g/mol. The molecule has 3 heterocycles.